The number of rotatable bonds is 3. The summed E-state index contributed by atoms with van der Waals surface area (Å²) in [5.74, 6) is 3.00. The maximum Gasteiger partial charge on any atom is 0.115 e. The normalized spacial score (nSPS) is 9.18. The molecular formula is C34H63NO3S. The van der Waals surface area contributed by atoms with E-state index in [0.717, 1.165) is 30.4 Å². The predicted molar refractivity (Wildman–Crippen MR) is 180 cm³/mol. The zero-order valence-electron chi connectivity index (χ0n) is 27.3. The Labute approximate surface area is 247 Å². The Bertz CT molecular complexity index is 830. The van der Waals surface area contributed by atoms with E-state index < -0.39 is 0 Å². The molecule has 0 aliphatic carbocycles. The Morgan fingerprint density at radius 1 is 0.769 bits per heavy atom. The Morgan fingerprint density at radius 3 is 1.49 bits per heavy atom. The number of aliphatic hydroxyl groups is 2. The van der Waals surface area contributed by atoms with Crippen molar-refractivity contribution in [3.8, 4) is 5.75 Å². The number of phenolic OH excluding ortho intramolecular Hbond substituents is 1. The van der Waals surface area contributed by atoms with Crippen molar-refractivity contribution in [3.63, 3.8) is 0 Å². The molecule has 0 saturated carbocycles. The van der Waals surface area contributed by atoms with Crippen LogP contribution in [0.1, 0.15) is 101 Å². The number of hydrogen-bond acceptors (Lipinski definition) is 4. The van der Waals surface area contributed by atoms with E-state index in [9.17, 15) is 0 Å². The number of aromatic hydroxyl groups is 1. The van der Waals surface area contributed by atoms with Gasteiger partial charge >= 0.3 is 0 Å². The number of fused-ring (bicyclic) bond motifs is 1. The molecule has 5 heteroatoms. The lowest BCUT2D eigenvalue weighted by atomic mass is 10.1. The molecular weight excluding hydrogens is 502 g/mol. The topological polar surface area (TPSA) is 76.5 Å². The lowest BCUT2D eigenvalue weighted by Crippen LogP contribution is -1.85. The van der Waals surface area contributed by atoms with Crippen molar-refractivity contribution in [1.82, 2.24) is 4.98 Å². The van der Waals surface area contributed by atoms with Gasteiger partial charge in [0.25, 0.3) is 0 Å². The van der Waals surface area contributed by atoms with Gasteiger partial charge in [-0.2, -0.15) is 12.6 Å². The molecule has 0 unspecified atom stereocenters. The van der Waals surface area contributed by atoms with E-state index in [2.05, 4.69) is 103 Å². The quantitative estimate of drug-likeness (QED) is 0.205. The fraction of sp³-hybridized carbons (Fsp3) is 0.588. The molecule has 39 heavy (non-hydrogen) atoms. The highest BCUT2D eigenvalue weighted by Gasteiger charge is 1.98. The molecule has 1 aromatic heterocycles. The minimum absolute atomic E-state index is 0.167. The van der Waals surface area contributed by atoms with Gasteiger partial charge in [0.15, 0.2) is 0 Å². The number of nitrogens with one attached hydrogen (secondary N) is 1. The molecule has 3 aromatic rings. The van der Waals surface area contributed by atoms with E-state index in [1.165, 1.54) is 28.5 Å². The van der Waals surface area contributed by atoms with Crippen molar-refractivity contribution in [3.05, 3.63) is 65.9 Å². The highest BCUT2D eigenvalue weighted by Crippen LogP contribution is 2.17. The second-order valence-electron chi connectivity index (χ2n) is 9.99. The molecule has 0 radical (unpaired) electrons. The molecule has 228 valence electrons. The minimum atomic E-state index is -0.167. The molecule has 1 heterocycles. The maximum absolute atomic E-state index is 8.85. The summed E-state index contributed by atoms with van der Waals surface area (Å²) in [7, 11) is 0. The summed E-state index contributed by atoms with van der Waals surface area (Å²) in [6.45, 7) is 24.8. The van der Waals surface area contributed by atoms with E-state index >= 15 is 0 Å². The fourth-order valence-corrected chi connectivity index (χ4v) is 2.16. The van der Waals surface area contributed by atoms with Crippen LogP contribution in [0.5, 0.6) is 5.75 Å². The third kappa shape index (κ3) is 36.0. The number of phenols is 1. The number of aryl methyl sites for hydroxylation is 2. The third-order valence-corrected chi connectivity index (χ3v) is 4.22. The van der Waals surface area contributed by atoms with Crippen molar-refractivity contribution in [2.75, 3.05) is 12.4 Å². The van der Waals surface area contributed by atoms with Gasteiger partial charge in [-0.25, -0.2) is 0 Å². The zero-order valence-corrected chi connectivity index (χ0v) is 28.1. The van der Waals surface area contributed by atoms with Crippen LogP contribution in [0.25, 0.3) is 10.9 Å². The van der Waals surface area contributed by atoms with E-state index in [4.69, 9.17) is 15.3 Å². The monoisotopic (exact) mass is 565 g/mol. The SMILES string of the molecule is CC(C)C.CC(C)O.CCC(C)C.CCO.CCS.CCc1c[nH]c2ccccc12.CCc1ccc(O)cc1. The lowest BCUT2D eigenvalue weighted by Gasteiger charge is -1.93. The van der Waals surface area contributed by atoms with Gasteiger partial charge in [0.2, 0.25) is 0 Å². The van der Waals surface area contributed by atoms with Crippen LogP contribution in [0.4, 0.5) is 0 Å². The standard InChI is InChI=1S/C10H11N.C8H10O.C5H12.C4H10.C3H8O.C2H6O.C2H6S/c1-2-8-7-11-10-6-4-3-5-9(8)10;1-2-7-3-5-8(9)6-4-7;1-4-5(2)3;1-4(2)3;1-3(2)4;2*1-2-3/h3-7,11H,2H2,1H3;3-6,9H,2H2,1H3;5H,4H2,1-3H3;4H,1-3H3;3-4H,1-2H3;2*3H,2H2,1H3. The number of hydrogen-bond donors (Lipinski definition) is 5. The molecule has 4 nitrogen and oxygen atoms in total. The second kappa shape index (κ2) is 32.3. The van der Waals surface area contributed by atoms with Crippen molar-refractivity contribution >= 4 is 23.5 Å². The van der Waals surface area contributed by atoms with Crippen LogP contribution in [-0.2, 0) is 12.8 Å². The Kier molecular flexibility index (Phi) is 36.5. The first-order chi connectivity index (χ1) is 18.3. The van der Waals surface area contributed by atoms with Crippen molar-refractivity contribution in [2.45, 2.75) is 108 Å². The minimum Gasteiger partial charge on any atom is -0.508 e. The summed E-state index contributed by atoms with van der Waals surface area (Å²) < 4.78 is 0. The van der Waals surface area contributed by atoms with Crippen LogP contribution in [0.2, 0.25) is 0 Å². The Morgan fingerprint density at radius 2 is 1.15 bits per heavy atom. The van der Waals surface area contributed by atoms with Crippen LogP contribution < -0.4 is 0 Å². The van der Waals surface area contributed by atoms with E-state index in [-0.39, 0.29) is 12.7 Å². The number of aliphatic hydroxyl groups excluding tert-OH is 2. The first kappa shape index (κ1) is 44.1. The van der Waals surface area contributed by atoms with Crippen molar-refractivity contribution in [1.29, 1.82) is 0 Å². The van der Waals surface area contributed by atoms with Gasteiger partial charge in [-0.05, 0) is 80.5 Å². The van der Waals surface area contributed by atoms with Gasteiger partial charge in [0.1, 0.15) is 5.75 Å². The summed E-state index contributed by atoms with van der Waals surface area (Å²) in [6.07, 6.45) is 5.36. The van der Waals surface area contributed by atoms with Gasteiger partial charge in [0, 0.05) is 29.8 Å². The molecule has 0 saturated heterocycles. The number of thiol groups is 1. The third-order valence-electron chi connectivity index (χ3n) is 4.22. The van der Waals surface area contributed by atoms with E-state index in [0.29, 0.717) is 5.75 Å². The second-order valence-corrected chi connectivity index (χ2v) is 10.6. The van der Waals surface area contributed by atoms with E-state index in [1.807, 2.05) is 19.1 Å². The molecule has 2 aromatic carbocycles. The van der Waals surface area contributed by atoms with Gasteiger partial charge in [-0.1, -0.05) is 99.1 Å². The van der Waals surface area contributed by atoms with Crippen molar-refractivity contribution in [2.24, 2.45) is 11.8 Å². The number of benzene rings is 2. The highest BCUT2D eigenvalue weighted by atomic mass is 32.1. The molecule has 0 spiro atoms. The largest absolute Gasteiger partial charge is 0.508 e. The summed E-state index contributed by atoms with van der Waals surface area (Å²) in [5, 5.41) is 25.8. The Hall–Kier alpha value is -1.95. The molecule has 4 N–H and O–H groups in total. The van der Waals surface area contributed by atoms with E-state index in [1.54, 1.807) is 32.9 Å². The fourth-order valence-electron chi connectivity index (χ4n) is 2.16. The summed E-state index contributed by atoms with van der Waals surface area (Å²) in [6, 6.07) is 15.7. The van der Waals surface area contributed by atoms with Gasteiger partial charge in [-0.3, -0.25) is 0 Å². The van der Waals surface area contributed by atoms with Gasteiger partial charge in [-0.15, -0.1) is 0 Å². The van der Waals surface area contributed by atoms with Crippen LogP contribution in [0.15, 0.2) is 54.7 Å². The molecule has 0 aliphatic heterocycles. The van der Waals surface area contributed by atoms with Crippen LogP contribution in [0, 0.1) is 11.8 Å². The first-order valence-corrected chi connectivity index (χ1v) is 15.2. The summed E-state index contributed by atoms with van der Waals surface area (Å²) in [5.41, 5.74) is 3.90. The van der Waals surface area contributed by atoms with Crippen LogP contribution in [0.3, 0.4) is 0 Å². The predicted octanol–water partition coefficient (Wildman–Crippen LogP) is 9.72. The average Bonchev–Trinajstić information content (AvgIpc) is 3.29. The number of aromatic amines is 1. The zero-order chi connectivity index (χ0) is 31.2. The van der Waals surface area contributed by atoms with Crippen molar-refractivity contribution < 1.29 is 15.3 Å². The summed E-state index contributed by atoms with van der Waals surface area (Å²) in [4.78, 5) is 3.24. The van der Waals surface area contributed by atoms with Gasteiger partial charge in [0.05, 0.1) is 0 Å². The first-order valence-electron chi connectivity index (χ1n) is 14.5. The number of aromatic nitrogens is 1. The Balaban J connectivity index is -0.000000198. The number of para-hydroxylation sites is 1. The molecule has 3 rings (SSSR count). The summed E-state index contributed by atoms with van der Waals surface area (Å²) >= 11 is 3.79. The van der Waals surface area contributed by atoms with Crippen LogP contribution >= 0.6 is 12.6 Å². The highest BCUT2D eigenvalue weighted by molar-refractivity contribution is 7.80. The van der Waals surface area contributed by atoms with Crippen LogP contribution in [-0.4, -0.2) is 38.8 Å². The lowest BCUT2D eigenvalue weighted by molar-refractivity contribution is 0.216. The number of H-pyrrole nitrogens is 1. The van der Waals surface area contributed by atoms with Gasteiger partial charge < -0.3 is 20.3 Å². The molecule has 0 fully saturated rings. The average molecular weight is 566 g/mol. The molecule has 0 bridgehead atoms. The molecule has 0 amide bonds. The smallest absolute Gasteiger partial charge is 0.115 e. The maximum atomic E-state index is 8.85. The molecule has 0 aliphatic rings. The molecule has 0 atom stereocenters.